The number of hydrogen-bond acceptors (Lipinski definition) is 2. The van der Waals surface area contributed by atoms with Gasteiger partial charge in [0.1, 0.15) is 0 Å². The molecule has 0 bridgehead atoms. The Morgan fingerprint density at radius 1 is 1.17 bits per heavy atom. The van der Waals surface area contributed by atoms with Gasteiger partial charge >= 0.3 is 0 Å². The molecule has 1 aromatic rings. The van der Waals surface area contributed by atoms with E-state index in [1.165, 1.54) is 37.7 Å². The number of carbonyl (C=O) groups is 1. The molecule has 24 heavy (non-hydrogen) atoms. The fourth-order valence-electron chi connectivity index (χ4n) is 2.96. The molecule has 0 aromatic heterocycles. The topological polar surface area (TPSA) is 29.1 Å². The maximum absolute atomic E-state index is 11.9. The number of thioether (sulfide) groups is 1. The van der Waals surface area contributed by atoms with Gasteiger partial charge in [0.05, 0.1) is 0 Å². The molecule has 2 nitrogen and oxygen atoms in total. The third kappa shape index (κ3) is 6.72. The van der Waals surface area contributed by atoms with Crippen molar-refractivity contribution in [3.63, 3.8) is 0 Å². The normalized spacial score (nSPS) is 16.5. The summed E-state index contributed by atoms with van der Waals surface area (Å²) in [4.78, 5) is 11.9. The number of nitrogens with one attached hydrogen (secondary N) is 1. The first kappa shape index (κ1) is 19.1. The first-order valence-corrected chi connectivity index (χ1v) is 10.2. The van der Waals surface area contributed by atoms with Crippen LogP contribution in [0.1, 0.15) is 64.0 Å². The van der Waals surface area contributed by atoms with Gasteiger partial charge in [-0.3, -0.25) is 4.79 Å². The van der Waals surface area contributed by atoms with E-state index in [1.807, 2.05) is 17.8 Å². The van der Waals surface area contributed by atoms with Gasteiger partial charge in [-0.1, -0.05) is 64.3 Å². The molecule has 0 unspecified atom stereocenters. The number of hydrogen-bond donors (Lipinski definition) is 1. The highest BCUT2D eigenvalue weighted by Crippen LogP contribution is 2.27. The van der Waals surface area contributed by atoms with E-state index in [2.05, 4.69) is 50.4 Å². The summed E-state index contributed by atoms with van der Waals surface area (Å²) in [6, 6.07) is 8.42. The number of carbonyl (C=O) groups excluding carboxylic acids is 1. The predicted octanol–water partition coefficient (Wildman–Crippen LogP) is 5.18. The van der Waals surface area contributed by atoms with Gasteiger partial charge in [0.15, 0.2) is 0 Å². The molecule has 0 saturated heterocycles. The van der Waals surface area contributed by atoms with E-state index in [0.29, 0.717) is 0 Å². The maximum Gasteiger partial charge on any atom is 0.244 e. The van der Waals surface area contributed by atoms with Crippen molar-refractivity contribution in [1.29, 1.82) is 0 Å². The predicted molar refractivity (Wildman–Crippen MR) is 107 cm³/mol. The van der Waals surface area contributed by atoms with Gasteiger partial charge in [-0.25, -0.2) is 0 Å². The van der Waals surface area contributed by atoms with E-state index in [1.54, 1.807) is 6.08 Å². The van der Waals surface area contributed by atoms with Crippen LogP contribution in [0.5, 0.6) is 0 Å². The Morgan fingerprint density at radius 3 is 2.46 bits per heavy atom. The molecule has 2 rings (SSSR count). The van der Waals surface area contributed by atoms with Gasteiger partial charge < -0.3 is 5.32 Å². The monoisotopic (exact) mass is 345 g/mol. The second kappa shape index (κ2) is 9.31. The molecule has 132 valence electrons. The van der Waals surface area contributed by atoms with Gasteiger partial charge in [0.25, 0.3) is 0 Å². The smallest absolute Gasteiger partial charge is 0.244 e. The van der Waals surface area contributed by atoms with Crippen LogP contribution in [0.3, 0.4) is 0 Å². The minimum absolute atomic E-state index is 0.000794. The summed E-state index contributed by atoms with van der Waals surface area (Å²) in [6.07, 6.45) is 10.4. The molecule has 0 spiro atoms. The number of amides is 1. The quantitative estimate of drug-likeness (QED) is 0.568. The van der Waals surface area contributed by atoms with E-state index in [9.17, 15) is 4.79 Å². The molecular weight excluding hydrogens is 314 g/mol. The van der Waals surface area contributed by atoms with Crippen LogP contribution in [-0.4, -0.2) is 23.5 Å². The van der Waals surface area contributed by atoms with Gasteiger partial charge in [0.2, 0.25) is 5.91 Å². The van der Waals surface area contributed by atoms with Crippen LogP contribution in [0.2, 0.25) is 0 Å². The lowest BCUT2D eigenvalue weighted by Crippen LogP contribution is -2.24. The summed E-state index contributed by atoms with van der Waals surface area (Å²) in [7, 11) is 0. The summed E-state index contributed by atoms with van der Waals surface area (Å²) >= 11 is 2.02. The molecule has 1 saturated carbocycles. The van der Waals surface area contributed by atoms with Crippen molar-refractivity contribution in [3.05, 3.63) is 41.5 Å². The molecule has 1 aromatic carbocycles. The highest BCUT2D eigenvalue weighted by molar-refractivity contribution is 7.99. The molecule has 0 atom stereocenters. The zero-order valence-electron chi connectivity index (χ0n) is 15.3. The molecule has 1 fully saturated rings. The zero-order chi connectivity index (χ0) is 17.4. The zero-order valence-corrected chi connectivity index (χ0v) is 16.1. The SMILES string of the molecule is CC(C)(C)c1ccc(/C=C/C(=O)NCCSC2CCCCC2)cc1. The Labute approximate surface area is 151 Å². The average molecular weight is 346 g/mol. The van der Waals surface area contributed by atoms with E-state index in [4.69, 9.17) is 0 Å². The molecule has 1 N–H and O–H groups in total. The summed E-state index contributed by atoms with van der Waals surface area (Å²) in [5.41, 5.74) is 2.54. The summed E-state index contributed by atoms with van der Waals surface area (Å²) < 4.78 is 0. The Bertz CT molecular complexity index is 536. The van der Waals surface area contributed by atoms with Crippen molar-refractivity contribution < 1.29 is 4.79 Å². The van der Waals surface area contributed by atoms with Gasteiger partial charge in [-0.15, -0.1) is 0 Å². The van der Waals surface area contributed by atoms with Crippen molar-refractivity contribution in [2.45, 2.75) is 63.5 Å². The second-order valence-electron chi connectivity index (χ2n) is 7.63. The highest BCUT2D eigenvalue weighted by atomic mass is 32.2. The lowest BCUT2D eigenvalue weighted by Gasteiger charge is -2.20. The van der Waals surface area contributed by atoms with Crippen molar-refractivity contribution in [1.82, 2.24) is 5.32 Å². The summed E-state index contributed by atoms with van der Waals surface area (Å²) in [5, 5.41) is 3.79. The first-order valence-electron chi connectivity index (χ1n) is 9.13. The third-order valence-electron chi connectivity index (χ3n) is 4.51. The van der Waals surface area contributed by atoms with Crippen LogP contribution >= 0.6 is 11.8 Å². The molecular formula is C21H31NOS. The van der Waals surface area contributed by atoms with Crippen molar-refractivity contribution in [2.24, 2.45) is 0 Å². The Morgan fingerprint density at radius 2 is 1.83 bits per heavy atom. The molecule has 0 radical (unpaired) electrons. The van der Waals surface area contributed by atoms with Gasteiger partial charge in [-0.2, -0.15) is 11.8 Å². The highest BCUT2D eigenvalue weighted by Gasteiger charge is 2.13. The minimum Gasteiger partial charge on any atom is -0.352 e. The van der Waals surface area contributed by atoms with Crippen LogP contribution in [0.25, 0.3) is 6.08 Å². The average Bonchev–Trinajstić information content (AvgIpc) is 2.57. The third-order valence-corrected chi connectivity index (χ3v) is 5.89. The molecule has 3 heteroatoms. The van der Waals surface area contributed by atoms with Crippen LogP contribution in [0, 0.1) is 0 Å². The maximum atomic E-state index is 11.9. The van der Waals surface area contributed by atoms with Crippen molar-refractivity contribution in [3.8, 4) is 0 Å². The van der Waals surface area contributed by atoms with E-state index in [-0.39, 0.29) is 11.3 Å². The van der Waals surface area contributed by atoms with E-state index < -0.39 is 0 Å². The fraction of sp³-hybridized carbons (Fsp3) is 0.571. The van der Waals surface area contributed by atoms with Crippen LogP contribution in [0.15, 0.2) is 30.3 Å². The van der Waals surface area contributed by atoms with Crippen molar-refractivity contribution in [2.75, 3.05) is 12.3 Å². The first-order chi connectivity index (χ1) is 11.4. The van der Waals surface area contributed by atoms with E-state index >= 15 is 0 Å². The largest absolute Gasteiger partial charge is 0.352 e. The Hall–Kier alpha value is -1.22. The van der Waals surface area contributed by atoms with Gasteiger partial charge in [0, 0.05) is 23.6 Å². The molecule has 1 aliphatic carbocycles. The lowest BCUT2D eigenvalue weighted by molar-refractivity contribution is -0.116. The molecule has 1 aliphatic rings. The van der Waals surface area contributed by atoms with Crippen LogP contribution in [0.4, 0.5) is 0 Å². The van der Waals surface area contributed by atoms with Crippen molar-refractivity contribution >= 4 is 23.7 Å². The summed E-state index contributed by atoms with van der Waals surface area (Å²) in [5.74, 6) is 1.02. The lowest BCUT2D eigenvalue weighted by atomic mass is 9.87. The summed E-state index contributed by atoms with van der Waals surface area (Å²) in [6.45, 7) is 7.37. The number of benzene rings is 1. The molecule has 0 aliphatic heterocycles. The van der Waals surface area contributed by atoms with Gasteiger partial charge in [-0.05, 0) is 35.5 Å². The second-order valence-corrected chi connectivity index (χ2v) is 9.04. The van der Waals surface area contributed by atoms with E-state index in [0.717, 1.165) is 23.1 Å². The molecule has 0 heterocycles. The Balaban J connectivity index is 1.68. The molecule has 1 amide bonds. The standard InChI is InChI=1S/C21H31NOS/c1-21(2,3)18-12-9-17(10-13-18)11-14-20(23)22-15-16-24-19-7-5-4-6-8-19/h9-14,19H,4-8,15-16H2,1-3H3,(H,22,23)/b14-11+. The van der Waals surface area contributed by atoms with Crippen LogP contribution < -0.4 is 5.32 Å². The van der Waals surface area contributed by atoms with Crippen LogP contribution in [-0.2, 0) is 10.2 Å². The Kier molecular flexibility index (Phi) is 7.41. The minimum atomic E-state index is -0.000794. The fourth-order valence-corrected chi connectivity index (χ4v) is 4.18. The number of rotatable bonds is 6.